The SMILES string of the molecule is O=C(/C=C/c1ccc([N+](=O)[O-])cc1)Nc1ccc(F)cc1. The third kappa shape index (κ3) is 4.24. The number of rotatable bonds is 4. The van der Waals surface area contributed by atoms with E-state index in [0.29, 0.717) is 11.3 Å². The molecule has 0 aliphatic rings. The van der Waals surface area contributed by atoms with Gasteiger partial charge in [-0.1, -0.05) is 0 Å². The first-order valence-corrected chi connectivity index (χ1v) is 6.04. The van der Waals surface area contributed by atoms with Crippen LogP contribution in [0.2, 0.25) is 0 Å². The molecule has 0 spiro atoms. The molecule has 0 aliphatic heterocycles. The van der Waals surface area contributed by atoms with E-state index in [9.17, 15) is 19.3 Å². The van der Waals surface area contributed by atoms with Crippen molar-refractivity contribution in [2.45, 2.75) is 0 Å². The van der Waals surface area contributed by atoms with E-state index in [1.807, 2.05) is 0 Å². The van der Waals surface area contributed by atoms with Crippen LogP contribution in [0.25, 0.3) is 6.08 Å². The van der Waals surface area contributed by atoms with Crippen molar-refractivity contribution in [3.8, 4) is 0 Å². The summed E-state index contributed by atoms with van der Waals surface area (Å²) in [6.45, 7) is 0. The van der Waals surface area contributed by atoms with Gasteiger partial charge in [0.2, 0.25) is 5.91 Å². The lowest BCUT2D eigenvalue weighted by Crippen LogP contribution is -2.07. The number of benzene rings is 2. The fraction of sp³-hybridized carbons (Fsp3) is 0. The first-order chi connectivity index (χ1) is 10.0. The number of hydrogen-bond acceptors (Lipinski definition) is 3. The van der Waals surface area contributed by atoms with Gasteiger partial charge in [0.15, 0.2) is 0 Å². The molecule has 0 bridgehead atoms. The minimum Gasteiger partial charge on any atom is -0.323 e. The number of anilines is 1. The summed E-state index contributed by atoms with van der Waals surface area (Å²) in [4.78, 5) is 21.7. The highest BCUT2D eigenvalue weighted by atomic mass is 19.1. The summed E-state index contributed by atoms with van der Waals surface area (Å²) in [6.07, 6.45) is 2.83. The van der Waals surface area contributed by atoms with Gasteiger partial charge >= 0.3 is 0 Å². The lowest BCUT2D eigenvalue weighted by atomic mass is 10.2. The van der Waals surface area contributed by atoms with E-state index >= 15 is 0 Å². The topological polar surface area (TPSA) is 72.2 Å². The summed E-state index contributed by atoms with van der Waals surface area (Å²) < 4.78 is 12.7. The molecule has 2 aromatic rings. The van der Waals surface area contributed by atoms with Crippen LogP contribution in [0, 0.1) is 15.9 Å². The van der Waals surface area contributed by atoms with Crippen LogP contribution in [0.3, 0.4) is 0 Å². The Labute approximate surface area is 119 Å². The number of carbonyl (C=O) groups excluding carboxylic acids is 1. The zero-order valence-corrected chi connectivity index (χ0v) is 10.8. The molecule has 6 heteroatoms. The van der Waals surface area contributed by atoms with E-state index < -0.39 is 4.92 Å². The maximum absolute atomic E-state index is 12.7. The summed E-state index contributed by atoms with van der Waals surface area (Å²) in [5.41, 5.74) is 1.13. The largest absolute Gasteiger partial charge is 0.323 e. The zero-order chi connectivity index (χ0) is 15.2. The van der Waals surface area contributed by atoms with Crippen molar-refractivity contribution in [1.29, 1.82) is 0 Å². The molecule has 0 fully saturated rings. The van der Waals surface area contributed by atoms with Crippen LogP contribution >= 0.6 is 0 Å². The van der Waals surface area contributed by atoms with E-state index in [2.05, 4.69) is 5.32 Å². The molecule has 2 aromatic carbocycles. The van der Waals surface area contributed by atoms with Gasteiger partial charge in [0.25, 0.3) is 5.69 Å². The molecular formula is C15H11FN2O3. The number of nitrogens with zero attached hydrogens (tertiary/aromatic N) is 1. The van der Waals surface area contributed by atoms with E-state index in [-0.39, 0.29) is 17.4 Å². The van der Waals surface area contributed by atoms with Gasteiger partial charge in [-0.2, -0.15) is 0 Å². The Morgan fingerprint density at radius 1 is 1.10 bits per heavy atom. The molecule has 0 saturated heterocycles. The zero-order valence-electron chi connectivity index (χ0n) is 10.8. The van der Waals surface area contributed by atoms with Gasteiger partial charge in [-0.25, -0.2) is 4.39 Å². The summed E-state index contributed by atoms with van der Waals surface area (Å²) in [5.74, 6) is -0.755. The van der Waals surface area contributed by atoms with Gasteiger partial charge in [0, 0.05) is 23.9 Å². The average molecular weight is 286 g/mol. The number of nitrogens with one attached hydrogen (secondary N) is 1. The van der Waals surface area contributed by atoms with Gasteiger partial charge in [0.1, 0.15) is 5.82 Å². The van der Waals surface area contributed by atoms with Crippen molar-refractivity contribution in [2.75, 3.05) is 5.32 Å². The molecule has 0 unspecified atom stereocenters. The fourth-order valence-corrected chi connectivity index (χ4v) is 1.60. The van der Waals surface area contributed by atoms with Crippen LogP contribution < -0.4 is 5.32 Å². The number of amides is 1. The van der Waals surface area contributed by atoms with Crippen molar-refractivity contribution in [1.82, 2.24) is 0 Å². The van der Waals surface area contributed by atoms with Crippen molar-refractivity contribution in [2.24, 2.45) is 0 Å². The predicted octanol–water partition coefficient (Wildman–Crippen LogP) is 3.39. The molecule has 0 atom stereocenters. The lowest BCUT2D eigenvalue weighted by Gasteiger charge is -2.01. The van der Waals surface area contributed by atoms with Crippen LogP contribution in [-0.2, 0) is 4.79 Å². The van der Waals surface area contributed by atoms with Crippen LogP contribution in [0.15, 0.2) is 54.6 Å². The minimum atomic E-state index is -0.491. The van der Waals surface area contributed by atoms with Crippen LogP contribution in [0.5, 0.6) is 0 Å². The maximum Gasteiger partial charge on any atom is 0.269 e. The second-order valence-corrected chi connectivity index (χ2v) is 4.18. The molecule has 0 radical (unpaired) electrons. The second kappa shape index (κ2) is 6.42. The van der Waals surface area contributed by atoms with Crippen LogP contribution in [-0.4, -0.2) is 10.8 Å². The molecule has 21 heavy (non-hydrogen) atoms. The smallest absolute Gasteiger partial charge is 0.269 e. The number of nitro benzene ring substituents is 1. The molecule has 0 aliphatic carbocycles. The Bertz CT molecular complexity index is 679. The van der Waals surface area contributed by atoms with Crippen LogP contribution in [0.1, 0.15) is 5.56 Å². The normalized spacial score (nSPS) is 10.5. The molecule has 0 aromatic heterocycles. The highest BCUT2D eigenvalue weighted by Crippen LogP contribution is 2.13. The Kier molecular flexibility index (Phi) is 4.40. The highest BCUT2D eigenvalue weighted by molar-refractivity contribution is 6.01. The van der Waals surface area contributed by atoms with E-state index in [0.717, 1.165) is 0 Å². The average Bonchev–Trinajstić information content (AvgIpc) is 2.48. The quantitative estimate of drug-likeness (QED) is 0.532. The Hall–Kier alpha value is -3.02. The number of hydrogen-bond donors (Lipinski definition) is 1. The highest BCUT2D eigenvalue weighted by Gasteiger charge is 2.03. The van der Waals surface area contributed by atoms with E-state index in [4.69, 9.17) is 0 Å². The Balaban J connectivity index is 1.98. The standard InChI is InChI=1S/C15H11FN2O3/c16-12-4-6-13(7-5-12)17-15(19)10-3-11-1-8-14(9-2-11)18(20)21/h1-10H,(H,17,19)/b10-3+. The molecule has 1 amide bonds. The van der Waals surface area contributed by atoms with Crippen molar-refractivity contribution in [3.63, 3.8) is 0 Å². The molecule has 0 heterocycles. The summed E-state index contributed by atoms with van der Waals surface area (Å²) in [7, 11) is 0. The van der Waals surface area contributed by atoms with Gasteiger partial charge < -0.3 is 5.32 Å². The van der Waals surface area contributed by atoms with Crippen LogP contribution in [0.4, 0.5) is 15.8 Å². The van der Waals surface area contributed by atoms with Crippen molar-refractivity contribution in [3.05, 3.63) is 76.1 Å². The Morgan fingerprint density at radius 3 is 2.29 bits per heavy atom. The number of nitro groups is 1. The van der Waals surface area contributed by atoms with Gasteiger partial charge in [-0.3, -0.25) is 14.9 Å². The van der Waals surface area contributed by atoms with Crippen molar-refractivity contribution < 1.29 is 14.1 Å². The fourth-order valence-electron chi connectivity index (χ4n) is 1.60. The Morgan fingerprint density at radius 2 is 1.71 bits per heavy atom. The molecule has 1 N–H and O–H groups in total. The lowest BCUT2D eigenvalue weighted by molar-refractivity contribution is -0.384. The number of non-ortho nitro benzene ring substituents is 1. The van der Waals surface area contributed by atoms with Gasteiger partial charge in [-0.05, 0) is 48.0 Å². The molecular weight excluding hydrogens is 275 g/mol. The first kappa shape index (κ1) is 14.4. The van der Waals surface area contributed by atoms with Crippen molar-refractivity contribution >= 4 is 23.4 Å². The molecule has 0 saturated carbocycles. The van der Waals surface area contributed by atoms with Gasteiger partial charge in [-0.15, -0.1) is 0 Å². The van der Waals surface area contributed by atoms with E-state index in [1.54, 1.807) is 12.1 Å². The van der Waals surface area contributed by atoms with E-state index in [1.165, 1.54) is 48.6 Å². The summed E-state index contributed by atoms with van der Waals surface area (Å²) in [5, 5.41) is 13.1. The predicted molar refractivity (Wildman–Crippen MR) is 77.2 cm³/mol. The molecule has 2 rings (SSSR count). The second-order valence-electron chi connectivity index (χ2n) is 4.18. The molecule has 106 valence electrons. The monoisotopic (exact) mass is 286 g/mol. The number of halogens is 1. The number of carbonyl (C=O) groups is 1. The third-order valence-corrected chi connectivity index (χ3v) is 2.64. The maximum atomic E-state index is 12.7. The summed E-state index contributed by atoms with van der Waals surface area (Å²) in [6, 6.07) is 11.2. The first-order valence-electron chi connectivity index (χ1n) is 6.04. The summed E-state index contributed by atoms with van der Waals surface area (Å²) >= 11 is 0. The van der Waals surface area contributed by atoms with Gasteiger partial charge in [0.05, 0.1) is 4.92 Å². The molecule has 5 nitrogen and oxygen atoms in total. The third-order valence-electron chi connectivity index (χ3n) is 2.64. The minimum absolute atomic E-state index is 0.0112.